The second-order valence-corrected chi connectivity index (χ2v) is 6.75. The van der Waals surface area contributed by atoms with E-state index in [9.17, 15) is 9.59 Å². The highest BCUT2D eigenvalue weighted by Gasteiger charge is 2.27. The predicted octanol–water partition coefficient (Wildman–Crippen LogP) is 3.29. The van der Waals surface area contributed by atoms with Crippen molar-refractivity contribution >= 4 is 11.9 Å². The zero-order valence-electron chi connectivity index (χ0n) is 14.8. The first-order chi connectivity index (χ1) is 10.2. The molecule has 0 aromatic rings. The molecule has 3 N–H and O–H groups in total. The van der Waals surface area contributed by atoms with Gasteiger partial charge in [0.05, 0.1) is 6.42 Å². The van der Waals surface area contributed by atoms with Gasteiger partial charge in [-0.15, -0.1) is 0 Å². The van der Waals surface area contributed by atoms with Gasteiger partial charge in [-0.3, -0.25) is 14.6 Å². The third kappa shape index (κ3) is 7.78. The lowest BCUT2D eigenvalue weighted by Crippen LogP contribution is -2.44. The van der Waals surface area contributed by atoms with Crippen molar-refractivity contribution in [2.24, 2.45) is 29.5 Å². The number of nitrogens with zero attached hydrogens (tertiary/aromatic N) is 1. The van der Waals surface area contributed by atoms with Gasteiger partial charge in [-0.25, -0.2) is 5.84 Å². The van der Waals surface area contributed by atoms with E-state index in [4.69, 9.17) is 10.9 Å². The van der Waals surface area contributed by atoms with Crippen LogP contribution in [-0.4, -0.2) is 28.5 Å². The minimum atomic E-state index is -0.830. The highest BCUT2D eigenvalue weighted by molar-refractivity contribution is 5.75. The molecule has 22 heavy (non-hydrogen) atoms. The molecule has 0 aromatic carbocycles. The maximum Gasteiger partial charge on any atom is 0.303 e. The number of hydrogen-bond donors (Lipinski definition) is 2. The average molecular weight is 314 g/mol. The maximum absolute atomic E-state index is 12.1. The standard InChI is InChI=1S/C17H34N2O3/c1-6-8-13(4)14(5)15(10-17(21)22)11-19(18)16(20)9-12(3)7-2/h12-15H,6-11,18H2,1-5H3,(H,21,22). The number of hydrazine groups is 1. The topological polar surface area (TPSA) is 83.6 Å². The van der Waals surface area contributed by atoms with Gasteiger partial charge >= 0.3 is 5.97 Å². The largest absolute Gasteiger partial charge is 0.481 e. The maximum atomic E-state index is 12.1. The Kier molecular flexibility index (Phi) is 10.1. The fourth-order valence-corrected chi connectivity index (χ4v) is 2.74. The Balaban J connectivity index is 4.76. The SMILES string of the molecule is CCCC(C)C(C)C(CC(=O)O)CN(N)C(=O)CC(C)CC. The molecule has 5 heteroatoms. The molecule has 0 heterocycles. The summed E-state index contributed by atoms with van der Waals surface area (Å²) < 4.78 is 0. The van der Waals surface area contributed by atoms with E-state index in [1.165, 1.54) is 5.01 Å². The Labute approximate surface area is 135 Å². The molecular weight excluding hydrogens is 280 g/mol. The first-order valence-electron chi connectivity index (χ1n) is 8.49. The van der Waals surface area contributed by atoms with Crippen molar-refractivity contribution in [3.8, 4) is 0 Å². The van der Waals surface area contributed by atoms with Crippen LogP contribution in [0.15, 0.2) is 0 Å². The molecule has 0 aliphatic carbocycles. The van der Waals surface area contributed by atoms with E-state index in [1.54, 1.807) is 0 Å². The summed E-state index contributed by atoms with van der Waals surface area (Å²) in [7, 11) is 0. The van der Waals surface area contributed by atoms with Crippen LogP contribution < -0.4 is 5.84 Å². The number of carbonyl (C=O) groups excluding carboxylic acids is 1. The molecule has 0 bridgehead atoms. The van der Waals surface area contributed by atoms with Gasteiger partial charge in [-0.1, -0.05) is 53.9 Å². The molecule has 0 saturated heterocycles. The molecule has 4 unspecified atom stereocenters. The van der Waals surface area contributed by atoms with E-state index in [0.29, 0.717) is 24.8 Å². The summed E-state index contributed by atoms with van der Waals surface area (Å²) in [6.07, 6.45) is 3.54. The quantitative estimate of drug-likeness (QED) is 0.348. The van der Waals surface area contributed by atoms with Crippen molar-refractivity contribution in [3.63, 3.8) is 0 Å². The van der Waals surface area contributed by atoms with Crippen LogP contribution in [0.5, 0.6) is 0 Å². The first-order valence-corrected chi connectivity index (χ1v) is 8.49. The monoisotopic (exact) mass is 314 g/mol. The molecule has 0 aliphatic heterocycles. The van der Waals surface area contributed by atoms with E-state index < -0.39 is 5.97 Å². The molecule has 0 fully saturated rings. The second-order valence-electron chi connectivity index (χ2n) is 6.75. The molecule has 0 rings (SSSR count). The Morgan fingerprint density at radius 1 is 1.14 bits per heavy atom. The number of carboxylic acids is 1. The summed E-state index contributed by atoms with van der Waals surface area (Å²) in [6, 6.07) is 0. The van der Waals surface area contributed by atoms with Gasteiger partial charge in [0.15, 0.2) is 0 Å². The van der Waals surface area contributed by atoms with E-state index >= 15 is 0 Å². The molecule has 0 aromatic heterocycles. The smallest absolute Gasteiger partial charge is 0.303 e. The van der Waals surface area contributed by atoms with Gasteiger partial charge in [0, 0.05) is 13.0 Å². The molecular formula is C17H34N2O3. The fraction of sp³-hybridized carbons (Fsp3) is 0.882. The third-order valence-electron chi connectivity index (χ3n) is 4.79. The van der Waals surface area contributed by atoms with Crippen LogP contribution in [-0.2, 0) is 9.59 Å². The van der Waals surface area contributed by atoms with Gasteiger partial charge in [-0.05, 0) is 23.7 Å². The lowest BCUT2D eigenvalue weighted by atomic mass is 9.80. The van der Waals surface area contributed by atoms with Crippen molar-refractivity contribution in [2.45, 2.75) is 66.7 Å². The lowest BCUT2D eigenvalue weighted by molar-refractivity contribution is -0.141. The molecule has 4 atom stereocenters. The fourth-order valence-electron chi connectivity index (χ4n) is 2.74. The Morgan fingerprint density at radius 3 is 2.18 bits per heavy atom. The summed E-state index contributed by atoms with van der Waals surface area (Å²) in [4.78, 5) is 23.2. The van der Waals surface area contributed by atoms with Crippen LogP contribution in [0.4, 0.5) is 0 Å². The van der Waals surface area contributed by atoms with Crippen LogP contribution in [0.3, 0.4) is 0 Å². The molecule has 130 valence electrons. The van der Waals surface area contributed by atoms with Crippen molar-refractivity contribution in [1.29, 1.82) is 0 Å². The van der Waals surface area contributed by atoms with Crippen LogP contribution in [0, 0.1) is 23.7 Å². The summed E-state index contributed by atoms with van der Waals surface area (Å²) in [5.74, 6) is 5.81. The lowest BCUT2D eigenvalue weighted by Gasteiger charge is -2.31. The van der Waals surface area contributed by atoms with Gasteiger partial charge in [-0.2, -0.15) is 0 Å². The number of amides is 1. The summed E-state index contributed by atoms with van der Waals surface area (Å²) in [6.45, 7) is 10.7. The van der Waals surface area contributed by atoms with Crippen LogP contribution >= 0.6 is 0 Å². The van der Waals surface area contributed by atoms with Crippen molar-refractivity contribution in [3.05, 3.63) is 0 Å². The Morgan fingerprint density at radius 2 is 1.73 bits per heavy atom. The summed E-state index contributed by atoms with van der Waals surface area (Å²) in [5, 5.41) is 10.4. The zero-order chi connectivity index (χ0) is 17.3. The number of aliphatic carboxylic acids is 1. The molecule has 0 radical (unpaired) electrons. The van der Waals surface area contributed by atoms with Crippen LogP contribution in [0.1, 0.15) is 66.7 Å². The number of rotatable bonds is 11. The predicted molar refractivity (Wildman–Crippen MR) is 89.0 cm³/mol. The summed E-state index contributed by atoms with van der Waals surface area (Å²) >= 11 is 0. The van der Waals surface area contributed by atoms with Gasteiger partial charge in [0.1, 0.15) is 0 Å². The number of carboxylic acid groups (broad SMARTS) is 1. The Hall–Kier alpha value is -1.10. The first kappa shape index (κ1) is 20.9. The number of hydrogen-bond acceptors (Lipinski definition) is 3. The minimum Gasteiger partial charge on any atom is -0.481 e. The van der Waals surface area contributed by atoms with E-state index in [2.05, 4.69) is 20.8 Å². The highest BCUT2D eigenvalue weighted by Crippen LogP contribution is 2.27. The van der Waals surface area contributed by atoms with Crippen molar-refractivity contribution in [2.75, 3.05) is 6.54 Å². The second kappa shape index (κ2) is 10.6. The summed E-state index contributed by atoms with van der Waals surface area (Å²) in [5.41, 5.74) is 0. The van der Waals surface area contributed by atoms with Gasteiger partial charge in [0.2, 0.25) is 5.91 Å². The number of nitrogens with two attached hydrogens (primary N) is 1. The number of carbonyl (C=O) groups is 2. The molecule has 0 spiro atoms. The van der Waals surface area contributed by atoms with Crippen LogP contribution in [0.2, 0.25) is 0 Å². The van der Waals surface area contributed by atoms with Crippen LogP contribution in [0.25, 0.3) is 0 Å². The van der Waals surface area contributed by atoms with Crippen molar-refractivity contribution < 1.29 is 14.7 Å². The molecule has 0 saturated carbocycles. The van der Waals surface area contributed by atoms with E-state index in [0.717, 1.165) is 19.3 Å². The van der Waals surface area contributed by atoms with E-state index in [-0.39, 0.29) is 24.2 Å². The third-order valence-corrected chi connectivity index (χ3v) is 4.79. The molecule has 0 aliphatic rings. The molecule has 5 nitrogen and oxygen atoms in total. The highest BCUT2D eigenvalue weighted by atomic mass is 16.4. The van der Waals surface area contributed by atoms with E-state index in [1.807, 2.05) is 13.8 Å². The zero-order valence-corrected chi connectivity index (χ0v) is 14.8. The normalized spacial score (nSPS) is 16.6. The average Bonchev–Trinajstić information content (AvgIpc) is 2.45. The molecule has 1 amide bonds. The Bertz CT molecular complexity index is 347. The minimum absolute atomic E-state index is 0.0551. The van der Waals surface area contributed by atoms with Crippen molar-refractivity contribution in [1.82, 2.24) is 5.01 Å². The van der Waals surface area contributed by atoms with Gasteiger partial charge in [0.25, 0.3) is 0 Å². The van der Waals surface area contributed by atoms with Gasteiger partial charge < -0.3 is 5.11 Å².